The Bertz CT molecular complexity index is 285. The highest BCUT2D eigenvalue weighted by Crippen LogP contribution is 2.27. The lowest BCUT2D eigenvalue weighted by atomic mass is 10.5. The van der Waals surface area contributed by atoms with Crippen LogP contribution in [0, 0.1) is 0 Å². The Morgan fingerprint density at radius 1 is 1.67 bits per heavy atom. The Hall–Kier alpha value is -0.740. The molecule has 3 nitrogen and oxygen atoms in total. The Morgan fingerprint density at radius 3 is 2.75 bits per heavy atom. The van der Waals surface area contributed by atoms with E-state index in [9.17, 15) is 4.79 Å². The molecular weight excluding hydrogens is 196 g/mol. The lowest BCUT2D eigenvalue weighted by Crippen LogP contribution is -2.27. The van der Waals surface area contributed by atoms with Crippen molar-refractivity contribution in [3.8, 4) is 0 Å². The number of nitrogens with zero attached hydrogens (tertiary/aromatic N) is 1. The second kappa shape index (κ2) is 3.78. The average Bonchev–Trinajstić information content (AvgIpc) is 2.36. The molecule has 0 bridgehead atoms. The van der Waals surface area contributed by atoms with Crippen molar-refractivity contribution in [3.63, 3.8) is 0 Å². The zero-order valence-corrected chi connectivity index (χ0v) is 8.37. The number of urea groups is 1. The van der Waals surface area contributed by atoms with Crippen molar-refractivity contribution in [3.05, 3.63) is 15.8 Å². The first-order valence-corrected chi connectivity index (χ1v) is 4.58. The summed E-state index contributed by atoms with van der Waals surface area (Å²) in [5, 5.41) is 4.48. The van der Waals surface area contributed by atoms with Gasteiger partial charge in [0.2, 0.25) is 0 Å². The van der Waals surface area contributed by atoms with Crippen molar-refractivity contribution in [1.29, 1.82) is 0 Å². The van der Waals surface area contributed by atoms with Crippen LogP contribution in [0.4, 0.5) is 10.5 Å². The van der Waals surface area contributed by atoms with Crippen LogP contribution >= 0.6 is 22.9 Å². The Labute approximate surface area is 79.9 Å². The molecule has 0 aliphatic rings. The maximum atomic E-state index is 11.1. The predicted octanol–water partition coefficient (Wildman–Crippen LogP) is 2.50. The summed E-state index contributed by atoms with van der Waals surface area (Å²) in [6, 6.07) is 1.60. The number of carbonyl (C=O) groups excluding carboxylic acids is 1. The largest absolute Gasteiger partial charge is 0.331 e. The highest BCUT2D eigenvalue weighted by Gasteiger charge is 2.06. The fraction of sp³-hybridized carbons (Fsp3) is 0.286. The molecule has 0 atom stereocenters. The van der Waals surface area contributed by atoms with Gasteiger partial charge in [-0.3, -0.25) is 0 Å². The molecule has 1 N–H and O–H groups in total. The van der Waals surface area contributed by atoms with Crippen LogP contribution in [0.3, 0.4) is 0 Å². The lowest BCUT2D eigenvalue weighted by Gasteiger charge is -2.10. The minimum atomic E-state index is -0.171. The van der Waals surface area contributed by atoms with Crippen LogP contribution in [-0.4, -0.2) is 25.0 Å². The van der Waals surface area contributed by atoms with Gasteiger partial charge in [0.15, 0.2) is 0 Å². The Kier molecular flexibility index (Phi) is 2.94. The zero-order chi connectivity index (χ0) is 9.14. The summed E-state index contributed by atoms with van der Waals surface area (Å²) >= 11 is 7.16. The lowest BCUT2D eigenvalue weighted by molar-refractivity contribution is 0.230. The minimum Gasteiger partial charge on any atom is -0.331 e. The summed E-state index contributed by atoms with van der Waals surface area (Å²) in [5.74, 6) is 0. The molecule has 1 rings (SSSR count). The zero-order valence-electron chi connectivity index (χ0n) is 6.80. The van der Waals surface area contributed by atoms with E-state index in [-0.39, 0.29) is 6.03 Å². The fourth-order valence-electron chi connectivity index (χ4n) is 0.609. The smallest absolute Gasteiger partial charge is 0.321 e. The number of halogens is 1. The van der Waals surface area contributed by atoms with Gasteiger partial charge in [-0.1, -0.05) is 11.6 Å². The van der Waals surface area contributed by atoms with Gasteiger partial charge < -0.3 is 10.2 Å². The van der Waals surface area contributed by atoms with E-state index in [0.29, 0.717) is 10.0 Å². The first-order valence-electron chi connectivity index (χ1n) is 3.32. The number of thiophene rings is 1. The van der Waals surface area contributed by atoms with Gasteiger partial charge in [0, 0.05) is 14.1 Å². The molecule has 0 fully saturated rings. The number of anilines is 1. The Balaban J connectivity index is 2.64. The molecule has 0 unspecified atom stereocenters. The molecule has 66 valence electrons. The van der Waals surface area contributed by atoms with Crippen LogP contribution < -0.4 is 5.32 Å². The quantitative estimate of drug-likeness (QED) is 0.749. The van der Waals surface area contributed by atoms with Crippen molar-refractivity contribution in [2.24, 2.45) is 0 Å². The normalized spacial score (nSPS) is 9.58. The number of hydrogen-bond acceptors (Lipinski definition) is 2. The maximum Gasteiger partial charge on any atom is 0.321 e. The van der Waals surface area contributed by atoms with Gasteiger partial charge >= 0.3 is 6.03 Å². The minimum absolute atomic E-state index is 0.171. The molecular formula is C7H9ClN2OS. The van der Waals surface area contributed by atoms with Crippen molar-refractivity contribution >= 4 is 34.7 Å². The fourth-order valence-corrected chi connectivity index (χ4v) is 1.44. The van der Waals surface area contributed by atoms with Gasteiger partial charge in [-0.2, -0.15) is 0 Å². The number of carbonyl (C=O) groups is 1. The topological polar surface area (TPSA) is 32.3 Å². The highest BCUT2D eigenvalue weighted by atomic mass is 35.5. The summed E-state index contributed by atoms with van der Waals surface area (Å²) in [5.41, 5.74) is 0.667. The first kappa shape index (κ1) is 9.35. The van der Waals surface area contributed by atoms with E-state index in [1.165, 1.54) is 16.2 Å². The number of amides is 2. The van der Waals surface area contributed by atoms with Crippen LogP contribution in [0.5, 0.6) is 0 Å². The van der Waals surface area contributed by atoms with Gasteiger partial charge in [0.05, 0.1) is 5.69 Å². The maximum absolute atomic E-state index is 11.1. The molecule has 0 spiro atoms. The standard InChI is InChI=1S/C7H9ClN2OS/c1-10(2)7(11)9-5-3-4-12-6(5)8/h3-4H,1-2H3,(H,9,11). The van der Waals surface area contributed by atoms with E-state index in [1.54, 1.807) is 20.2 Å². The van der Waals surface area contributed by atoms with Gasteiger partial charge in [-0.05, 0) is 11.4 Å². The third kappa shape index (κ3) is 2.12. The van der Waals surface area contributed by atoms with Gasteiger partial charge in [0.25, 0.3) is 0 Å². The Morgan fingerprint density at radius 2 is 2.33 bits per heavy atom. The molecule has 5 heteroatoms. The van der Waals surface area contributed by atoms with Crippen LogP contribution in [0.1, 0.15) is 0 Å². The molecule has 12 heavy (non-hydrogen) atoms. The van der Waals surface area contributed by atoms with E-state index in [0.717, 1.165) is 0 Å². The molecule has 2 amide bonds. The second-order valence-corrected chi connectivity index (χ2v) is 3.95. The molecule has 1 heterocycles. The third-order valence-corrected chi connectivity index (χ3v) is 2.44. The van der Waals surface area contributed by atoms with Crippen LogP contribution in [0.15, 0.2) is 11.4 Å². The van der Waals surface area contributed by atoms with E-state index in [2.05, 4.69) is 5.32 Å². The molecule has 1 aromatic rings. The molecule has 0 aliphatic heterocycles. The molecule has 0 saturated carbocycles. The van der Waals surface area contributed by atoms with Gasteiger partial charge in [0.1, 0.15) is 4.34 Å². The van der Waals surface area contributed by atoms with Crippen LogP contribution in [0.2, 0.25) is 4.34 Å². The van der Waals surface area contributed by atoms with Crippen LogP contribution in [0.25, 0.3) is 0 Å². The highest BCUT2D eigenvalue weighted by molar-refractivity contribution is 7.15. The van der Waals surface area contributed by atoms with Crippen LogP contribution in [-0.2, 0) is 0 Å². The summed E-state index contributed by atoms with van der Waals surface area (Å²) in [4.78, 5) is 12.6. The van der Waals surface area contributed by atoms with Crippen molar-refractivity contribution in [2.75, 3.05) is 19.4 Å². The summed E-state index contributed by atoms with van der Waals surface area (Å²) in [7, 11) is 3.35. The SMILES string of the molecule is CN(C)C(=O)Nc1ccsc1Cl. The van der Waals surface area contributed by atoms with Gasteiger partial charge in [-0.25, -0.2) is 4.79 Å². The van der Waals surface area contributed by atoms with Crippen molar-refractivity contribution in [1.82, 2.24) is 4.90 Å². The predicted molar refractivity (Wildman–Crippen MR) is 52.0 cm³/mol. The van der Waals surface area contributed by atoms with Crippen molar-refractivity contribution < 1.29 is 4.79 Å². The second-order valence-electron chi connectivity index (χ2n) is 2.43. The molecule has 0 aliphatic carbocycles. The molecule has 0 radical (unpaired) electrons. The molecule has 0 saturated heterocycles. The monoisotopic (exact) mass is 204 g/mol. The molecule has 1 aromatic heterocycles. The number of hydrogen-bond donors (Lipinski definition) is 1. The van der Waals surface area contributed by atoms with E-state index in [4.69, 9.17) is 11.6 Å². The average molecular weight is 205 g/mol. The first-order chi connectivity index (χ1) is 5.61. The summed E-state index contributed by atoms with van der Waals surface area (Å²) in [6.45, 7) is 0. The number of rotatable bonds is 1. The van der Waals surface area contributed by atoms with E-state index >= 15 is 0 Å². The van der Waals surface area contributed by atoms with E-state index < -0.39 is 0 Å². The summed E-state index contributed by atoms with van der Waals surface area (Å²) < 4.78 is 0.602. The third-order valence-electron chi connectivity index (χ3n) is 1.27. The van der Waals surface area contributed by atoms with E-state index in [1.807, 2.05) is 5.38 Å². The number of nitrogens with one attached hydrogen (secondary N) is 1. The molecule has 0 aromatic carbocycles. The van der Waals surface area contributed by atoms with Gasteiger partial charge in [-0.15, -0.1) is 11.3 Å². The van der Waals surface area contributed by atoms with Crippen molar-refractivity contribution in [2.45, 2.75) is 0 Å². The summed E-state index contributed by atoms with van der Waals surface area (Å²) in [6.07, 6.45) is 0.